The smallest absolute Gasteiger partial charge is 0.229 e. The molecular formula is C21H24O12. The number of phenolic OH excluding ortho intramolecular Hbond substituents is 5. The zero-order valence-corrected chi connectivity index (χ0v) is 17.1. The monoisotopic (exact) mass is 468 g/mol. The SMILES string of the molecule is O=C(CCc1ccc(O)c(O)c1)c1c(O)cc(O)c(OC2OC(CO)C(O)C(O)C2O)c1O. The van der Waals surface area contributed by atoms with Gasteiger partial charge in [0.1, 0.15) is 35.7 Å². The third-order valence-electron chi connectivity index (χ3n) is 5.26. The molecule has 180 valence electrons. The lowest BCUT2D eigenvalue weighted by Gasteiger charge is -2.39. The molecule has 1 saturated heterocycles. The van der Waals surface area contributed by atoms with Gasteiger partial charge in [-0.05, 0) is 24.1 Å². The van der Waals surface area contributed by atoms with Crippen LogP contribution in [0.4, 0.5) is 0 Å². The van der Waals surface area contributed by atoms with Gasteiger partial charge in [-0.15, -0.1) is 0 Å². The van der Waals surface area contributed by atoms with E-state index < -0.39 is 71.7 Å². The molecule has 0 aromatic heterocycles. The molecule has 33 heavy (non-hydrogen) atoms. The maximum atomic E-state index is 12.7. The van der Waals surface area contributed by atoms with Crippen molar-refractivity contribution in [2.45, 2.75) is 43.5 Å². The van der Waals surface area contributed by atoms with Gasteiger partial charge in [0, 0.05) is 12.5 Å². The van der Waals surface area contributed by atoms with Gasteiger partial charge in [0.05, 0.1) is 6.61 Å². The van der Waals surface area contributed by atoms with Crippen LogP contribution in [0, 0.1) is 0 Å². The summed E-state index contributed by atoms with van der Waals surface area (Å²) in [5.41, 5.74) is -0.121. The van der Waals surface area contributed by atoms with Crippen molar-refractivity contribution >= 4 is 5.78 Å². The second-order valence-electron chi connectivity index (χ2n) is 7.53. The maximum absolute atomic E-state index is 12.7. The molecule has 12 nitrogen and oxygen atoms in total. The number of hydrogen-bond donors (Lipinski definition) is 9. The Morgan fingerprint density at radius 3 is 2.21 bits per heavy atom. The molecule has 0 saturated carbocycles. The third kappa shape index (κ3) is 4.89. The number of benzene rings is 2. The summed E-state index contributed by atoms with van der Waals surface area (Å²) in [6.07, 6.45) is -8.57. The Morgan fingerprint density at radius 1 is 0.879 bits per heavy atom. The van der Waals surface area contributed by atoms with Crippen LogP contribution in [0.25, 0.3) is 0 Å². The molecule has 1 aliphatic rings. The van der Waals surface area contributed by atoms with Gasteiger partial charge >= 0.3 is 0 Å². The standard InChI is InChI=1S/C21H24O12/c22-7-14-16(28)18(30)19(31)21(32-14)33-20-13(27)6-12(26)15(17(20)29)10(24)4-2-8-1-3-9(23)11(25)5-8/h1,3,5-6,14,16,18-19,21-23,25-31H,2,4,7H2. The summed E-state index contributed by atoms with van der Waals surface area (Å²) in [4.78, 5) is 12.7. The average molecular weight is 468 g/mol. The summed E-state index contributed by atoms with van der Waals surface area (Å²) in [7, 11) is 0. The number of ether oxygens (including phenoxy) is 2. The second kappa shape index (κ2) is 9.68. The van der Waals surface area contributed by atoms with Crippen molar-refractivity contribution in [1.29, 1.82) is 0 Å². The van der Waals surface area contributed by atoms with Crippen molar-refractivity contribution in [2.24, 2.45) is 0 Å². The molecule has 0 radical (unpaired) electrons. The van der Waals surface area contributed by atoms with Crippen LogP contribution < -0.4 is 4.74 Å². The topological polar surface area (TPSA) is 218 Å². The fourth-order valence-electron chi connectivity index (χ4n) is 3.40. The van der Waals surface area contributed by atoms with E-state index in [-0.39, 0.29) is 24.3 Å². The van der Waals surface area contributed by atoms with Gasteiger partial charge in [-0.1, -0.05) is 6.07 Å². The molecule has 3 rings (SSSR count). The molecule has 5 atom stereocenters. The minimum absolute atomic E-state index is 0.0648. The lowest BCUT2D eigenvalue weighted by atomic mass is 9.99. The highest BCUT2D eigenvalue weighted by Crippen LogP contribution is 2.45. The van der Waals surface area contributed by atoms with Crippen molar-refractivity contribution in [2.75, 3.05) is 6.61 Å². The normalized spacial score (nSPS) is 25.0. The highest BCUT2D eigenvalue weighted by Gasteiger charge is 2.45. The van der Waals surface area contributed by atoms with Crippen LogP contribution in [0.3, 0.4) is 0 Å². The van der Waals surface area contributed by atoms with Crippen LogP contribution >= 0.6 is 0 Å². The Hall–Kier alpha value is -3.29. The van der Waals surface area contributed by atoms with E-state index in [9.17, 15) is 50.8 Å². The Morgan fingerprint density at radius 2 is 1.58 bits per heavy atom. The second-order valence-corrected chi connectivity index (χ2v) is 7.53. The van der Waals surface area contributed by atoms with Crippen LogP contribution in [0.15, 0.2) is 24.3 Å². The van der Waals surface area contributed by atoms with Crippen LogP contribution in [0.2, 0.25) is 0 Å². The first kappa shape index (κ1) is 24.4. The number of aromatic hydroxyl groups is 5. The summed E-state index contributed by atoms with van der Waals surface area (Å²) in [5.74, 6) is -4.78. The molecule has 1 aliphatic heterocycles. The van der Waals surface area contributed by atoms with Gasteiger partial charge in [0.15, 0.2) is 28.8 Å². The Labute approximate surface area is 186 Å². The van der Waals surface area contributed by atoms with Gasteiger partial charge in [-0.3, -0.25) is 4.79 Å². The molecule has 0 spiro atoms. The highest BCUT2D eigenvalue weighted by atomic mass is 16.7. The van der Waals surface area contributed by atoms with Gasteiger partial charge in [-0.25, -0.2) is 0 Å². The minimum atomic E-state index is -1.85. The zero-order chi connectivity index (χ0) is 24.4. The number of phenols is 5. The molecule has 1 fully saturated rings. The van der Waals surface area contributed by atoms with Gasteiger partial charge in [-0.2, -0.15) is 0 Å². The number of ketones is 1. The predicted octanol–water partition coefficient (Wildman–Crippen LogP) is -0.791. The number of aryl methyl sites for hydroxylation is 1. The molecule has 0 bridgehead atoms. The molecular weight excluding hydrogens is 444 g/mol. The first-order valence-electron chi connectivity index (χ1n) is 9.84. The number of aliphatic hydroxyl groups excluding tert-OH is 4. The molecule has 0 amide bonds. The molecule has 12 heteroatoms. The van der Waals surface area contributed by atoms with Gasteiger partial charge < -0.3 is 55.4 Å². The first-order chi connectivity index (χ1) is 15.5. The molecule has 1 heterocycles. The largest absolute Gasteiger partial charge is 0.507 e. The number of hydrogen-bond acceptors (Lipinski definition) is 12. The Bertz CT molecular complexity index is 1020. The van der Waals surface area contributed by atoms with Crippen LogP contribution in [-0.2, 0) is 11.2 Å². The van der Waals surface area contributed by atoms with Gasteiger partial charge in [0.2, 0.25) is 12.0 Å². The van der Waals surface area contributed by atoms with E-state index in [2.05, 4.69) is 0 Å². The summed E-state index contributed by atoms with van der Waals surface area (Å²) >= 11 is 0. The van der Waals surface area contributed by atoms with Crippen LogP contribution in [0.5, 0.6) is 34.5 Å². The van der Waals surface area contributed by atoms with E-state index in [4.69, 9.17) is 9.47 Å². The Kier molecular flexibility index (Phi) is 7.15. The van der Waals surface area contributed by atoms with E-state index in [1.165, 1.54) is 18.2 Å². The predicted molar refractivity (Wildman–Crippen MR) is 108 cm³/mol. The lowest BCUT2D eigenvalue weighted by molar-refractivity contribution is -0.277. The Balaban J connectivity index is 1.83. The summed E-state index contributed by atoms with van der Waals surface area (Å²) < 4.78 is 10.4. The van der Waals surface area contributed by atoms with E-state index in [1.807, 2.05) is 0 Å². The van der Waals surface area contributed by atoms with Crippen molar-refractivity contribution in [3.63, 3.8) is 0 Å². The number of carbonyl (C=O) groups excluding carboxylic acids is 1. The average Bonchev–Trinajstić information content (AvgIpc) is 2.77. The number of carbonyl (C=O) groups is 1. The summed E-state index contributed by atoms with van der Waals surface area (Å²) in [6.45, 7) is -0.741. The van der Waals surface area contributed by atoms with Crippen molar-refractivity contribution in [3.05, 3.63) is 35.4 Å². The highest BCUT2D eigenvalue weighted by molar-refractivity contribution is 6.02. The fourth-order valence-corrected chi connectivity index (χ4v) is 3.40. The molecule has 5 unspecified atom stereocenters. The third-order valence-corrected chi connectivity index (χ3v) is 5.26. The van der Waals surface area contributed by atoms with E-state index in [1.54, 1.807) is 0 Å². The van der Waals surface area contributed by atoms with Crippen LogP contribution in [0.1, 0.15) is 22.3 Å². The van der Waals surface area contributed by atoms with Crippen LogP contribution in [-0.4, -0.2) is 89.1 Å². The molecule has 2 aromatic carbocycles. The van der Waals surface area contributed by atoms with Crippen molar-refractivity contribution in [1.82, 2.24) is 0 Å². The fraction of sp³-hybridized carbons (Fsp3) is 0.381. The minimum Gasteiger partial charge on any atom is -0.507 e. The van der Waals surface area contributed by atoms with E-state index in [0.29, 0.717) is 5.56 Å². The van der Waals surface area contributed by atoms with Crippen molar-refractivity contribution in [3.8, 4) is 34.5 Å². The summed E-state index contributed by atoms with van der Waals surface area (Å²) in [6, 6.07) is 4.66. The maximum Gasteiger partial charge on any atom is 0.229 e. The first-order valence-corrected chi connectivity index (χ1v) is 9.84. The quantitative estimate of drug-likeness (QED) is 0.180. The summed E-state index contributed by atoms with van der Waals surface area (Å²) in [5, 5.41) is 88.7. The number of Topliss-reactive ketones (excluding diaryl/α,β-unsaturated/α-hetero) is 1. The zero-order valence-electron chi connectivity index (χ0n) is 17.1. The molecule has 0 aliphatic carbocycles. The van der Waals surface area contributed by atoms with E-state index >= 15 is 0 Å². The van der Waals surface area contributed by atoms with Gasteiger partial charge in [0.25, 0.3) is 0 Å². The molecule has 2 aromatic rings. The molecule has 9 N–H and O–H groups in total. The van der Waals surface area contributed by atoms with Crippen molar-refractivity contribution < 1.29 is 60.2 Å². The van der Waals surface area contributed by atoms with E-state index in [0.717, 1.165) is 6.07 Å². The number of rotatable bonds is 7. The lowest BCUT2D eigenvalue weighted by Crippen LogP contribution is -2.60. The number of aliphatic hydroxyl groups is 4.